The molecule has 112 valence electrons. The second kappa shape index (κ2) is 5.59. The van der Waals surface area contributed by atoms with Crippen molar-refractivity contribution < 1.29 is 31.1 Å². The second-order valence-electron chi connectivity index (χ2n) is 3.84. The van der Waals surface area contributed by atoms with Crippen LogP contribution in [-0.4, -0.2) is 18.6 Å². The van der Waals surface area contributed by atoms with Gasteiger partial charge in [-0.05, 0) is 18.2 Å². The third kappa shape index (κ3) is 4.63. The molecule has 0 saturated heterocycles. The molecule has 3 nitrogen and oxygen atoms in total. The van der Waals surface area contributed by atoms with Crippen LogP contribution in [0.1, 0.15) is 17.5 Å². The van der Waals surface area contributed by atoms with Crippen LogP contribution in [0, 0.1) is 5.41 Å². The number of nitrogens with one attached hydrogen (secondary N) is 1. The number of halogens is 6. The molecule has 0 spiro atoms. The quantitative estimate of drug-likeness (QED) is 0.509. The summed E-state index contributed by atoms with van der Waals surface area (Å²) in [5, 5.41) is 7.05. The van der Waals surface area contributed by atoms with E-state index < -0.39 is 42.5 Å². The van der Waals surface area contributed by atoms with Gasteiger partial charge in [0.1, 0.15) is 11.6 Å². The minimum atomic E-state index is -4.82. The van der Waals surface area contributed by atoms with Crippen LogP contribution in [0.2, 0.25) is 0 Å². The summed E-state index contributed by atoms with van der Waals surface area (Å²) in [7, 11) is 0. The summed E-state index contributed by atoms with van der Waals surface area (Å²) in [4.78, 5) is 0. The van der Waals surface area contributed by atoms with E-state index in [0.717, 1.165) is 12.1 Å². The lowest BCUT2D eigenvalue weighted by Crippen LogP contribution is -2.17. The Bertz CT molecular complexity index is 495. The molecule has 0 aliphatic carbocycles. The molecule has 1 aromatic rings. The molecule has 0 atom stereocenters. The molecular weight excluding hydrogens is 290 g/mol. The second-order valence-corrected chi connectivity index (χ2v) is 3.84. The summed E-state index contributed by atoms with van der Waals surface area (Å²) >= 11 is 0. The molecular formula is C11H10F6N2O. The molecule has 20 heavy (non-hydrogen) atoms. The van der Waals surface area contributed by atoms with Gasteiger partial charge in [-0.2, -0.15) is 26.3 Å². The van der Waals surface area contributed by atoms with Crippen LogP contribution < -0.4 is 10.5 Å². The van der Waals surface area contributed by atoms with E-state index in [4.69, 9.17) is 11.1 Å². The molecule has 1 aromatic carbocycles. The molecule has 1 rings (SSSR count). The zero-order chi connectivity index (χ0) is 15.6. The van der Waals surface area contributed by atoms with Gasteiger partial charge in [-0.25, -0.2) is 0 Å². The Labute approximate surface area is 109 Å². The Morgan fingerprint density at radius 3 is 2.20 bits per heavy atom. The fraction of sp³-hybridized carbons (Fsp3) is 0.364. The third-order valence-corrected chi connectivity index (χ3v) is 2.24. The number of amidine groups is 1. The first-order valence-corrected chi connectivity index (χ1v) is 5.26. The van der Waals surface area contributed by atoms with Gasteiger partial charge in [-0.1, -0.05) is 0 Å². The van der Waals surface area contributed by atoms with Crippen LogP contribution >= 0.6 is 0 Å². The van der Waals surface area contributed by atoms with Crippen molar-refractivity contribution in [2.75, 3.05) is 6.61 Å². The van der Waals surface area contributed by atoms with E-state index in [-0.39, 0.29) is 5.56 Å². The molecule has 0 radical (unpaired) electrons. The lowest BCUT2D eigenvalue weighted by atomic mass is 10.1. The molecule has 0 bridgehead atoms. The maximum absolute atomic E-state index is 12.7. The van der Waals surface area contributed by atoms with Crippen molar-refractivity contribution in [2.45, 2.75) is 18.8 Å². The van der Waals surface area contributed by atoms with Crippen molar-refractivity contribution >= 4 is 5.84 Å². The molecule has 0 aromatic heterocycles. The molecule has 0 aliphatic rings. The van der Waals surface area contributed by atoms with Crippen LogP contribution in [0.4, 0.5) is 26.3 Å². The standard InChI is InChI=1S/C11H10F6N2O/c12-10(13,14)3-4-20-8-2-1-6(9(18)19)5-7(8)11(15,16)17/h1-2,5H,3-4H2,(H3,18,19). The molecule has 0 amide bonds. The Hall–Kier alpha value is -1.93. The van der Waals surface area contributed by atoms with Gasteiger partial charge in [0.05, 0.1) is 18.6 Å². The smallest absolute Gasteiger partial charge is 0.419 e. The predicted octanol–water partition coefficient (Wildman–Crippen LogP) is 3.32. The molecule has 0 fully saturated rings. The first kappa shape index (κ1) is 16.1. The lowest BCUT2D eigenvalue weighted by molar-refractivity contribution is -0.143. The topological polar surface area (TPSA) is 59.1 Å². The van der Waals surface area contributed by atoms with Gasteiger partial charge >= 0.3 is 12.4 Å². The van der Waals surface area contributed by atoms with Gasteiger partial charge in [0, 0.05) is 5.56 Å². The van der Waals surface area contributed by atoms with Crippen LogP contribution in [0.15, 0.2) is 18.2 Å². The van der Waals surface area contributed by atoms with Gasteiger partial charge in [0.25, 0.3) is 0 Å². The number of benzene rings is 1. The normalized spacial score (nSPS) is 12.3. The van der Waals surface area contributed by atoms with Crippen molar-refractivity contribution in [2.24, 2.45) is 5.73 Å². The number of nitrogen functional groups attached to an aromatic ring is 1. The number of nitrogens with two attached hydrogens (primary N) is 1. The van der Waals surface area contributed by atoms with E-state index in [2.05, 4.69) is 4.74 Å². The van der Waals surface area contributed by atoms with Crippen molar-refractivity contribution in [1.82, 2.24) is 0 Å². The first-order valence-electron chi connectivity index (χ1n) is 5.26. The summed E-state index contributed by atoms with van der Waals surface area (Å²) in [6, 6.07) is 2.47. The van der Waals surface area contributed by atoms with Crippen molar-refractivity contribution in [3.8, 4) is 5.75 Å². The third-order valence-electron chi connectivity index (χ3n) is 2.24. The van der Waals surface area contributed by atoms with Gasteiger partial charge in [-0.15, -0.1) is 0 Å². The van der Waals surface area contributed by atoms with E-state index >= 15 is 0 Å². The summed E-state index contributed by atoms with van der Waals surface area (Å²) in [6.45, 7) is -0.925. The Kier molecular flexibility index (Phi) is 4.51. The number of alkyl halides is 6. The summed E-state index contributed by atoms with van der Waals surface area (Å²) in [5.41, 5.74) is 3.59. The average Bonchev–Trinajstić information content (AvgIpc) is 2.25. The number of ether oxygens (including phenoxy) is 1. The van der Waals surface area contributed by atoms with Crippen LogP contribution in [0.25, 0.3) is 0 Å². The maximum atomic E-state index is 12.7. The number of rotatable bonds is 4. The number of hydrogen-bond acceptors (Lipinski definition) is 2. The van der Waals surface area contributed by atoms with E-state index in [1.54, 1.807) is 0 Å². The van der Waals surface area contributed by atoms with E-state index in [9.17, 15) is 26.3 Å². The first-order chi connectivity index (χ1) is 9.00. The summed E-state index contributed by atoms with van der Waals surface area (Å²) in [5.74, 6) is -1.32. The minimum Gasteiger partial charge on any atom is -0.493 e. The Morgan fingerprint density at radius 2 is 1.75 bits per heavy atom. The highest BCUT2D eigenvalue weighted by Crippen LogP contribution is 2.37. The predicted molar refractivity (Wildman–Crippen MR) is 58.6 cm³/mol. The molecule has 0 heterocycles. The SMILES string of the molecule is N=C(N)c1ccc(OCCC(F)(F)F)c(C(F)(F)F)c1. The van der Waals surface area contributed by atoms with Crippen LogP contribution in [-0.2, 0) is 6.18 Å². The highest BCUT2D eigenvalue weighted by molar-refractivity contribution is 5.95. The molecule has 0 aliphatic heterocycles. The van der Waals surface area contributed by atoms with E-state index in [1.807, 2.05) is 0 Å². The molecule has 0 unspecified atom stereocenters. The van der Waals surface area contributed by atoms with Gasteiger partial charge in [-0.3, -0.25) is 5.41 Å². The minimum absolute atomic E-state index is 0.194. The highest BCUT2D eigenvalue weighted by atomic mass is 19.4. The van der Waals surface area contributed by atoms with Gasteiger partial charge < -0.3 is 10.5 Å². The largest absolute Gasteiger partial charge is 0.493 e. The maximum Gasteiger partial charge on any atom is 0.419 e. The lowest BCUT2D eigenvalue weighted by Gasteiger charge is -2.15. The fourth-order valence-corrected chi connectivity index (χ4v) is 1.32. The zero-order valence-corrected chi connectivity index (χ0v) is 9.90. The van der Waals surface area contributed by atoms with Crippen LogP contribution in [0.5, 0.6) is 5.75 Å². The Balaban J connectivity index is 2.98. The average molecular weight is 300 g/mol. The number of hydrogen-bond donors (Lipinski definition) is 2. The van der Waals surface area contributed by atoms with E-state index in [0.29, 0.717) is 6.07 Å². The van der Waals surface area contributed by atoms with Gasteiger partial charge in [0.2, 0.25) is 0 Å². The summed E-state index contributed by atoms with van der Waals surface area (Å²) in [6.07, 6.45) is -10.7. The zero-order valence-electron chi connectivity index (χ0n) is 9.90. The van der Waals surface area contributed by atoms with Crippen LogP contribution in [0.3, 0.4) is 0 Å². The van der Waals surface area contributed by atoms with Gasteiger partial charge in [0.15, 0.2) is 0 Å². The molecule has 3 N–H and O–H groups in total. The van der Waals surface area contributed by atoms with E-state index in [1.165, 1.54) is 0 Å². The highest BCUT2D eigenvalue weighted by Gasteiger charge is 2.35. The van der Waals surface area contributed by atoms with Crippen molar-refractivity contribution in [3.05, 3.63) is 29.3 Å². The molecule has 0 saturated carbocycles. The summed E-state index contributed by atoms with van der Waals surface area (Å²) < 4.78 is 78.5. The monoisotopic (exact) mass is 300 g/mol. The van der Waals surface area contributed by atoms with Crippen molar-refractivity contribution in [1.29, 1.82) is 5.41 Å². The molecule has 9 heteroatoms. The fourth-order valence-electron chi connectivity index (χ4n) is 1.32. The van der Waals surface area contributed by atoms with Crippen molar-refractivity contribution in [3.63, 3.8) is 0 Å². The Morgan fingerprint density at radius 1 is 1.15 bits per heavy atom.